The van der Waals surface area contributed by atoms with Crippen molar-refractivity contribution in [1.82, 2.24) is 13.9 Å². The van der Waals surface area contributed by atoms with Gasteiger partial charge in [-0.1, -0.05) is 12.1 Å². The van der Waals surface area contributed by atoms with Gasteiger partial charge in [-0.05, 0) is 48.4 Å². The summed E-state index contributed by atoms with van der Waals surface area (Å²) in [6.07, 6.45) is 3.72. The zero-order valence-electron chi connectivity index (χ0n) is 17.4. The number of hydrogen-bond donors (Lipinski definition) is 2. The number of benzene rings is 2. The zero-order chi connectivity index (χ0) is 23.9. The number of fused-ring (bicyclic) bond motifs is 2. The molecule has 5 rings (SSSR count). The Morgan fingerprint density at radius 2 is 1.94 bits per heavy atom. The number of aryl methyl sites for hydroxylation is 1. The Morgan fingerprint density at radius 1 is 1.12 bits per heavy atom. The average Bonchev–Trinajstić information content (AvgIpc) is 3.23. The van der Waals surface area contributed by atoms with Crippen molar-refractivity contribution < 1.29 is 26.7 Å². The monoisotopic (exact) mass is 485 g/mol. The Morgan fingerprint density at radius 3 is 2.76 bits per heavy atom. The highest BCUT2D eigenvalue weighted by molar-refractivity contribution is 7.90. The number of hydrogen-bond acceptors (Lipinski definition) is 7. The fourth-order valence-electron chi connectivity index (χ4n) is 3.70. The second kappa shape index (κ2) is 8.37. The van der Waals surface area contributed by atoms with E-state index in [1.54, 1.807) is 12.1 Å². The fraction of sp³-hybridized carbons (Fsp3) is 0.136. The SMILES string of the molecule is O=C1CCc2cc(Nc3ncc4ccn(S(=O)(=O)c5ccccc5OC(F)F)c4n3)ccc2N1. The van der Waals surface area contributed by atoms with Gasteiger partial charge >= 0.3 is 6.61 Å². The summed E-state index contributed by atoms with van der Waals surface area (Å²) in [6.45, 7) is -3.18. The van der Waals surface area contributed by atoms with E-state index in [0.717, 1.165) is 21.3 Å². The van der Waals surface area contributed by atoms with E-state index >= 15 is 0 Å². The molecule has 1 amide bonds. The van der Waals surface area contributed by atoms with E-state index in [4.69, 9.17) is 0 Å². The number of aromatic nitrogens is 3. The molecule has 0 saturated carbocycles. The molecule has 9 nitrogen and oxygen atoms in total. The first-order valence-electron chi connectivity index (χ1n) is 10.1. The van der Waals surface area contributed by atoms with Gasteiger partial charge in [0, 0.05) is 35.6 Å². The lowest BCUT2D eigenvalue weighted by Gasteiger charge is -2.17. The average molecular weight is 485 g/mol. The van der Waals surface area contributed by atoms with E-state index in [-0.39, 0.29) is 17.5 Å². The lowest BCUT2D eigenvalue weighted by atomic mass is 10.0. The second-order valence-electron chi connectivity index (χ2n) is 7.46. The van der Waals surface area contributed by atoms with Crippen molar-refractivity contribution in [2.24, 2.45) is 0 Å². The lowest BCUT2D eigenvalue weighted by molar-refractivity contribution is -0.116. The molecule has 1 aliphatic heterocycles. The summed E-state index contributed by atoms with van der Waals surface area (Å²) in [4.78, 5) is 19.7. The first kappa shape index (κ1) is 21.8. The standard InChI is InChI=1S/C22H17F2N5O4S/c23-21(24)33-17-3-1-2-4-18(17)34(31,32)29-10-9-14-12-25-22(28-20(14)29)26-15-6-7-16-13(11-15)5-8-19(30)27-16/h1-4,6-7,9-12,21H,5,8H2,(H,27,30)(H,25,26,28). The van der Waals surface area contributed by atoms with Gasteiger partial charge in [0.15, 0.2) is 5.65 Å². The maximum absolute atomic E-state index is 13.3. The topological polar surface area (TPSA) is 115 Å². The maximum Gasteiger partial charge on any atom is 0.387 e. The largest absolute Gasteiger partial charge is 0.433 e. The number of nitrogens with zero attached hydrogens (tertiary/aromatic N) is 3. The molecule has 4 aromatic rings. The minimum absolute atomic E-state index is 0.0375. The summed E-state index contributed by atoms with van der Waals surface area (Å²) in [5.74, 6) is -0.364. The molecule has 0 radical (unpaired) electrons. The summed E-state index contributed by atoms with van der Waals surface area (Å²) < 4.78 is 57.5. The van der Waals surface area contributed by atoms with Crippen molar-refractivity contribution in [3.8, 4) is 5.75 Å². The highest BCUT2D eigenvalue weighted by Gasteiger charge is 2.25. The Balaban J connectivity index is 1.50. The number of para-hydroxylation sites is 1. The van der Waals surface area contributed by atoms with Gasteiger partial charge in [-0.15, -0.1) is 0 Å². The summed E-state index contributed by atoms with van der Waals surface area (Å²) in [5, 5.41) is 6.28. The normalized spacial score (nSPS) is 13.6. The molecule has 3 heterocycles. The molecule has 34 heavy (non-hydrogen) atoms. The molecule has 174 valence electrons. The number of carbonyl (C=O) groups is 1. The van der Waals surface area contributed by atoms with E-state index in [9.17, 15) is 22.0 Å². The molecule has 2 N–H and O–H groups in total. The molecule has 1 aliphatic rings. The Bertz CT molecular complexity index is 1520. The van der Waals surface area contributed by atoms with E-state index in [2.05, 4.69) is 25.3 Å². The molecule has 12 heteroatoms. The van der Waals surface area contributed by atoms with Crippen molar-refractivity contribution in [3.63, 3.8) is 0 Å². The number of nitrogens with one attached hydrogen (secondary N) is 2. The van der Waals surface area contributed by atoms with Crippen molar-refractivity contribution in [2.45, 2.75) is 24.3 Å². The van der Waals surface area contributed by atoms with Crippen molar-refractivity contribution in [3.05, 3.63) is 66.5 Å². The van der Waals surface area contributed by atoms with Gasteiger partial charge < -0.3 is 15.4 Å². The second-order valence-corrected chi connectivity index (χ2v) is 9.24. The molecular formula is C22H17F2N5O4S. The number of carbonyl (C=O) groups excluding carboxylic acids is 1. The number of ether oxygens (including phenoxy) is 1. The van der Waals surface area contributed by atoms with E-state index in [1.165, 1.54) is 36.7 Å². The van der Waals surface area contributed by atoms with Crippen LogP contribution in [0.2, 0.25) is 0 Å². The van der Waals surface area contributed by atoms with Crippen molar-refractivity contribution in [1.29, 1.82) is 0 Å². The summed E-state index contributed by atoms with van der Waals surface area (Å²) in [5.41, 5.74) is 2.41. The van der Waals surface area contributed by atoms with Crippen molar-refractivity contribution >= 4 is 44.3 Å². The quantitative estimate of drug-likeness (QED) is 0.426. The van der Waals surface area contributed by atoms with Gasteiger partial charge in [-0.25, -0.2) is 17.4 Å². The van der Waals surface area contributed by atoms with Gasteiger partial charge in [0.2, 0.25) is 11.9 Å². The Hall–Kier alpha value is -4.06. The molecule has 0 aliphatic carbocycles. The number of halogens is 2. The predicted octanol–water partition coefficient (Wildman–Crippen LogP) is 3.90. The molecule has 0 saturated heterocycles. The van der Waals surface area contributed by atoms with E-state index < -0.39 is 27.3 Å². The minimum Gasteiger partial charge on any atom is -0.433 e. The molecule has 2 aromatic heterocycles. The van der Waals surface area contributed by atoms with E-state index in [0.29, 0.717) is 23.9 Å². The van der Waals surface area contributed by atoms with Crippen LogP contribution in [0.5, 0.6) is 5.75 Å². The highest BCUT2D eigenvalue weighted by atomic mass is 32.2. The minimum atomic E-state index is -4.31. The van der Waals surface area contributed by atoms with Gasteiger partial charge in [0.05, 0.1) is 0 Å². The highest BCUT2D eigenvalue weighted by Crippen LogP contribution is 2.30. The lowest BCUT2D eigenvalue weighted by Crippen LogP contribution is -2.18. The zero-order valence-corrected chi connectivity index (χ0v) is 18.2. The number of rotatable bonds is 6. The molecular weight excluding hydrogens is 468 g/mol. The predicted molar refractivity (Wildman–Crippen MR) is 120 cm³/mol. The van der Waals surface area contributed by atoms with Gasteiger partial charge in [0.1, 0.15) is 10.6 Å². The number of alkyl halides is 2. The van der Waals surface area contributed by atoms with Crippen LogP contribution in [0.25, 0.3) is 11.0 Å². The summed E-state index contributed by atoms with van der Waals surface area (Å²) >= 11 is 0. The van der Waals surface area contributed by atoms with Crippen LogP contribution in [0.3, 0.4) is 0 Å². The van der Waals surface area contributed by atoms with Crippen molar-refractivity contribution in [2.75, 3.05) is 10.6 Å². The third-order valence-corrected chi connectivity index (χ3v) is 6.96. The van der Waals surface area contributed by atoms with Gasteiger partial charge in [-0.3, -0.25) is 4.79 Å². The third kappa shape index (κ3) is 4.03. The fourth-order valence-corrected chi connectivity index (χ4v) is 5.13. The first-order chi connectivity index (χ1) is 16.3. The van der Waals surface area contributed by atoms with E-state index in [1.807, 2.05) is 6.07 Å². The molecule has 0 fully saturated rings. The molecule has 0 bridgehead atoms. The number of amides is 1. The van der Waals surface area contributed by atoms with Crippen LogP contribution in [0, 0.1) is 0 Å². The molecule has 0 unspecified atom stereocenters. The Labute approximate surface area is 192 Å². The van der Waals surface area contributed by atoms with Crippen LogP contribution in [0.15, 0.2) is 65.8 Å². The van der Waals surface area contributed by atoms with Crippen LogP contribution >= 0.6 is 0 Å². The Kier molecular flexibility index (Phi) is 5.36. The van der Waals surface area contributed by atoms with Gasteiger partial charge in [0.25, 0.3) is 10.0 Å². The summed E-state index contributed by atoms with van der Waals surface area (Å²) in [7, 11) is -4.31. The van der Waals surface area contributed by atoms with Crippen LogP contribution in [0.4, 0.5) is 26.1 Å². The summed E-state index contributed by atoms with van der Waals surface area (Å²) in [6, 6.07) is 12.0. The van der Waals surface area contributed by atoms with Crippen LogP contribution in [-0.4, -0.2) is 34.9 Å². The molecule has 2 aromatic carbocycles. The molecule has 0 atom stereocenters. The van der Waals surface area contributed by atoms with Crippen LogP contribution < -0.4 is 15.4 Å². The van der Waals surface area contributed by atoms with Crippen LogP contribution in [0.1, 0.15) is 12.0 Å². The molecule has 0 spiro atoms. The smallest absolute Gasteiger partial charge is 0.387 e. The third-order valence-electron chi connectivity index (χ3n) is 5.25. The first-order valence-corrected chi connectivity index (χ1v) is 11.6. The van der Waals surface area contributed by atoms with Crippen LogP contribution in [-0.2, 0) is 21.2 Å². The maximum atomic E-state index is 13.3. The van der Waals surface area contributed by atoms with Gasteiger partial charge in [-0.2, -0.15) is 13.8 Å². The number of anilines is 3.